The Balaban J connectivity index is 0.00000392. The Labute approximate surface area is 186 Å². The van der Waals surface area contributed by atoms with Crippen LogP contribution in [0.15, 0.2) is 11.2 Å². The number of hydrogen-bond acceptors (Lipinski definition) is 4. The number of sulfonamides is 1. The van der Waals surface area contributed by atoms with Gasteiger partial charge in [0.25, 0.3) is 0 Å². The van der Waals surface area contributed by atoms with E-state index < -0.39 is 10.0 Å². The number of rotatable bonds is 7. The van der Waals surface area contributed by atoms with Crippen molar-refractivity contribution in [1.82, 2.24) is 24.3 Å². The fourth-order valence-corrected chi connectivity index (χ4v) is 4.76. The molecule has 8 nitrogen and oxygen atoms in total. The lowest BCUT2D eigenvalue weighted by atomic mass is 10.1. The van der Waals surface area contributed by atoms with Crippen molar-refractivity contribution in [3.63, 3.8) is 0 Å². The number of halogens is 1. The first-order chi connectivity index (χ1) is 12.6. The number of guanidine groups is 1. The van der Waals surface area contributed by atoms with Gasteiger partial charge in [-0.25, -0.2) is 8.42 Å². The quantitative estimate of drug-likeness (QED) is 0.334. The number of aryl methyl sites for hydroxylation is 1. The number of nitrogens with zero attached hydrogens (tertiary/aromatic N) is 5. The molecule has 1 aliphatic heterocycles. The van der Waals surface area contributed by atoms with E-state index in [1.165, 1.54) is 11.8 Å². The summed E-state index contributed by atoms with van der Waals surface area (Å²) < 4.78 is 27.3. The molecule has 0 amide bonds. The van der Waals surface area contributed by atoms with Gasteiger partial charge in [-0.15, -0.1) is 24.0 Å². The first-order valence-electron chi connectivity index (χ1n) is 9.62. The standard InChI is InChI=1S/C18H34N6O2S.HI/c1-7-19-18(20-11-16-9-8-10-24(16)27(6,25)26)22(4)12-15-13-23(5)21-17(15)14(2)3;/h13-14,16H,7-12H2,1-6H3,(H,19,20);1H/t16-;/m1./s1. The van der Waals surface area contributed by atoms with Gasteiger partial charge in [0.05, 0.1) is 18.5 Å². The second-order valence-electron chi connectivity index (χ2n) is 7.59. The minimum Gasteiger partial charge on any atom is -0.357 e. The lowest BCUT2D eigenvalue weighted by Gasteiger charge is -2.24. The van der Waals surface area contributed by atoms with Crippen LogP contribution < -0.4 is 5.32 Å². The summed E-state index contributed by atoms with van der Waals surface area (Å²) in [6, 6.07) is -0.0494. The summed E-state index contributed by atoms with van der Waals surface area (Å²) in [5.41, 5.74) is 2.28. The molecule has 0 bridgehead atoms. The summed E-state index contributed by atoms with van der Waals surface area (Å²) in [5, 5.41) is 7.89. The molecule has 1 N–H and O–H groups in total. The molecule has 1 aromatic rings. The van der Waals surface area contributed by atoms with Gasteiger partial charge in [-0.05, 0) is 25.7 Å². The van der Waals surface area contributed by atoms with Gasteiger partial charge in [-0.3, -0.25) is 9.67 Å². The van der Waals surface area contributed by atoms with Crippen LogP contribution in [-0.2, 0) is 23.6 Å². The second kappa shape index (κ2) is 10.8. The molecule has 0 aromatic carbocycles. The van der Waals surface area contributed by atoms with E-state index in [1.54, 1.807) is 4.31 Å². The van der Waals surface area contributed by atoms with E-state index in [2.05, 4.69) is 35.4 Å². The Bertz CT molecular complexity index is 762. The molecule has 0 aliphatic carbocycles. The van der Waals surface area contributed by atoms with Crippen LogP contribution in [0.5, 0.6) is 0 Å². The topological polar surface area (TPSA) is 82.8 Å². The lowest BCUT2D eigenvalue weighted by Crippen LogP contribution is -2.41. The largest absolute Gasteiger partial charge is 0.357 e. The van der Waals surface area contributed by atoms with Crippen LogP contribution in [0.4, 0.5) is 0 Å². The highest BCUT2D eigenvalue weighted by atomic mass is 127. The summed E-state index contributed by atoms with van der Waals surface area (Å²) in [5.74, 6) is 1.15. The van der Waals surface area contributed by atoms with Gasteiger partial charge in [0, 0.05) is 51.5 Å². The predicted molar refractivity (Wildman–Crippen MR) is 125 cm³/mol. The van der Waals surface area contributed by atoms with Gasteiger partial charge in [0.15, 0.2) is 5.96 Å². The minimum atomic E-state index is -3.17. The summed E-state index contributed by atoms with van der Waals surface area (Å²) in [6.07, 6.45) is 5.09. The zero-order valence-electron chi connectivity index (χ0n) is 17.8. The van der Waals surface area contributed by atoms with Gasteiger partial charge < -0.3 is 10.2 Å². The molecule has 1 saturated heterocycles. The van der Waals surface area contributed by atoms with Crippen molar-refractivity contribution in [3.8, 4) is 0 Å². The Morgan fingerprint density at radius 1 is 1.46 bits per heavy atom. The minimum absolute atomic E-state index is 0. The van der Waals surface area contributed by atoms with Crippen LogP contribution in [0.3, 0.4) is 0 Å². The molecule has 10 heteroatoms. The van der Waals surface area contributed by atoms with E-state index in [9.17, 15) is 8.42 Å². The Kier molecular flexibility index (Phi) is 9.68. The molecule has 162 valence electrons. The van der Waals surface area contributed by atoms with E-state index in [-0.39, 0.29) is 30.0 Å². The molecule has 1 fully saturated rings. The van der Waals surface area contributed by atoms with Crippen molar-refractivity contribution in [2.45, 2.75) is 52.1 Å². The first-order valence-corrected chi connectivity index (χ1v) is 11.5. The molecule has 0 unspecified atom stereocenters. The third-order valence-corrected chi connectivity index (χ3v) is 6.12. The maximum absolute atomic E-state index is 11.9. The lowest BCUT2D eigenvalue weighted by molar-refractivity contribution is 0.393. The van der Waals surface area contributed by atoms with E-state index >= 15 is 0 Å². The van der Waals surface area contributed by atoms with Crippen molar-refractivity contribution in [2.75, 3.05) is 32.9 Å². The molecule has 1 atom stereocenters. The molecular formula is C18H35IN6O2S. The molecule has 0 radical (unpaired) electrons. The Hall–Kier alpha value is -0.880. The van der Waals surface area contributed by atoms with Gasteiger partial charge >= 0.3 is 0 Å². The van der Waals surface area contributed by atoms with Crippen LogP contribution in [0.25, 0.3) is 0 Å². The Morgan fingerprint density at radius 2 is 2.14 bits per heavy atom. The summed E-state index contributed by atoms with van der Waals surface area (Å²) in [7, 11) is 0.767. The molecule has 1 aromatic heterocycles. The number of aromatic nitrogens is 2. The Morgan fingerprint density at radius 3 is 2.71 bits per heavy atom. The molecule has 0 saturated carbocycles. The SMILES string of the molecule is CCNC(=NC[C@H]1CCCN1S(C)(=O)=O)N(C)Cc1cn(C)nc1C(C)C.I. The number of aliphatic imine (C=N–C) groups is 1. The first kappa shape index (κ1) is 25.2. The number of hydrogen-bond donors (Lipinski definition) is 1. The molecule has 0 spiro atoms. The van der Waals surface area contributed by atoms with Gasteiger partial charge in [-0.2, -0.15) is 9.40 Å². The van der Waals surface area contributed by atoms with Crippen LogP contribution >= 0.6 is 24.0 Å². The average molecular weight is 526 g/mol. The van der Waals surface area contributed by atoms with E-state index in [0.29, 0.717) is 25.6 Å². The molecule has 1 aliphatic rings. The summed E-state index contributed by atoms with van der Waals surface area (Å²) in [4.78, 5) is 6.81. The maximum Gasteiger partial charge on any atom is 0.211 e. The zero-order valence-corrected chi connectivity index (χ0v) is 21.0. The van der Waals surface area contributed by atoms with Gasteiger partial charge in [0.2, 0.25) is 10.0 Å². The average Bonchev–Trinajstić information content (AvgIpc) is 3.17. The highest BCUT2D eigenvalue weighted by Gasteiger charge is 2.31. The monoisotopic (exact) mass is 526 g/mol. The van der Waals surface area contributed by atoms with Crippen molar-refractivity contribution in [2.24, 2.45) is 12.0 Å². The third-order valence-electron chi connectivity index (χ3n) is 4.79. The van der Waals surface area contributed by atoms with Gasteiger partial charge in [0.1, 0.15) is 0 Å². The van der Waals surface area contributed by atoms with Crippen LogP contribution in [0.1, 0.15) is 50.8 Å². The van der Waals surface area contributed by atoms with Crippen molar-refractivity contribution < 1.29 is 8.42 Å². The fourth-order valence-electron chi connectivity index (χ4n) is 3.58. The number of nitrogens with one attached hydrogen (secondary N) is 1. The molecular weight excluding hydrogens is 491 g/mol. The van der Waals surface area contributed by atoms with Crippen molar-refractivity contribution in [1.29, 1.82) is 0 Å². The van der Waals surface area contributed by atoms with E-state index in [0.717, 1.165) is 31.0 Å². The summed E-state index contributed by atoms with van der Waals surface area (Å²) in [6.45, 7) is 8.85. The van der Waals surface area contributed by atoms with Crippen molar-refractivity contribution >= 4 is 40.0 Å². The molecule has 2 rings (SSSR count). The van der Waals surface area contributed by atoms with Crippen LogP contribution in [-0.4, -0.2) is 72.3 Å². The zero-order chi connectivity index (χ0) is 20.2. The fraction of sp³-hybridized carbons (Fsp3) is 0.778. The molecule has 28 heavy (non-hydrogen) atoms. The predicted octanol–water partition coefficient (Wildman–Crippen LogP) is 1.98. The van der Waals surface area contributed by atoms with E-state index in [1.807, 2.05) is 25.7 Å². The second-order valence-corrected chi connectivity index (χ2v) is 9.52. The third kappa shape index (κ3) is 6.58. The van der Waals surface area contributed by atoms with Crippen LogP contribution in [0.2, 0.25) is 0 Å². The van der Waals surface area contributed by atoms with Gasteiger partial charge in [-0.1, -0.05) is 13.8 Å². The van der Waals surface area contributed by atoms with Crippen molar-refractivity contribution in [3.05, 3.63) is 17.5 Å². The summed E-state index contributed by atoms with van der Waals surface area (Å²) >= 11 is 0. The van der Waals surface area contributed by atoms with E-state index in [4.69, 9.17) is 4.99 Å². The maximum atomic E-state index is 11.9. The highest BCUT2D eigenvalue weighted by Crippen LogP contribution is 2.21. The normalized spacial score (nSPS) is 18.4. The highest BCUT2D eigenvalue weighted by molar-refractivity contribution is 14.0. The van der Waals surface area contributed by atoms with Crippen LogP contribution in [0, 0.1) is 0 Å². The smallest absolute Gasteiger partial charge is 0.211 e. The molecule has 2 heterocycles.